The van der Waals surface area contributed by atoms with Gasteiger partial charge < -0.3 is 10.1 Å². The number of amides is 1. The molecule has 0 aliphatic rings. The van der Waals surface area contributed by atoms with Crippen LogP contribution in [0.1, 0.15) is 11.1 Å². The molecular weight excluding hydrogens is 320 g/mol. The Hall–Kier alpha value is -1.88. The van der Waals surface area contributed by atoms with Crippen molar-refractivity contribution >= 4 is 27.5 Å². The Morgan fingerprint density at radius 1 is 1.30 bits per heavy atom. The third-order valence-corrected chi connectivity index (χ3v) is 3.56. The number of hydrogen-bond acceptors (Lipinski definition) is 3. The summed E-state index contributed by atoms with van der Waals surface area (Å²) in [5, 5.41) is 2.84. The molecule has 1 aromatic carbocycles. The Balaban J connectivity index is 1.96. The summed E-state index contributed by atoms with van der Waals surface area (Å²) in [6.07, 6.45) is 1.65. The van der Waals surface area contributed by atoms with E-state index in [0.29, 0.717) is 10.4 Å². The van der Waals surface area contributed by atoms with Crippen LogP contribution in [-0.4, -0.2) is 17.5 Å². The van der Waals surface area contributed by atoms with Gasteiger partial charge in [-0.15, -0.1) is 0 Å². The number of aromatic nitrogens is 1. The average Bonchev–Trinajstić information content (AvgIpc) is 2.43. The highest BCUT2D eigenvalue weighted by Crippen LogP contribution is 2.21. The molecule has 0 saturated heterocycles. The minimum atomic E-state index is -0.200. The van der Waals surface area contributed by atoms with E-state index in [4.69, 9.17) is 4.74 Å². The number of rotatable bonds is 4. The number of aryl methyl sites for hydroxylation is 1. The van der Waals surface area contributed by atoms with Crippen LogP contribution < -0.4 is 10.1 Å². The molecule has 0 unspecified atom stereocenters. The number of anilines is 1. The number of benzene rings is 1. The van der Waals surface area contributed by atoms with Gasteiger partial charge in [0.15, 0.2) is 12.4 Å². The van der Waals surface area contributed by atoms with E-state index >= 15 is 0 Å². The molecule has 1 N–H and O–H groups in total. The molecule has 4 nitrogen and oxygen atoms in total. The maximum absolute atomic E-state index is 11.9. The third kappa shape index (κ3) is 3.57. The Kier molecular flexibility index (Phi) is 4.74. The van der Waals surface area contributed by atoms with Crippen molar-refractivity contribution in [3.8, 4) is 5.75 Å². The molecule has 0 radical (unpaired) electrons. The van der Waals surface area contributed by atoms with Crippen molar-refractivity contribution in [3.63, 3.8) is 0 Å². The number of nitrogens with zero attached hydrogens (tertiary/aromatic N) is 1. The second-order valence-electron chi connectivity index (χ2n) is 4.38. The van der Waals surface area contributed by atoms with Crippen molar-refractivity contribution in [2.24, 2.45) is 0 Å². The van der Waals surface area contributed by atoms with E-state index < -0.39 is 0 Å². The molecule has 0 bridgehead atoms. The first-order chi connectivity index (χ1) is 9.58. The summed E-state index contributed by atoms with van der Waals surface area (Å²) in [7, 11) is 0. The van der Waals surface area contributed by atoms with Crippen LogP contribution in [0.5, 0.6) is 5.75 Å². The molecule has 0 aliphatic carbocycles. The van der Waals surface area contributed by atoms with E-state index in [1.807, 2.05) is 32.0 Å². The highest BCUT2D eigenvalue weighted by Gasteiger charge is 2.08. The highest BCUT2D eigenvalue weighted by molar-refractivity contribution is 9.10. The lowest BCUT2D eigenvalue weighted by molar-refractivity contribution is -0.118. The maximum Gasteiger partial charge on any atom is 0.262 e. The Morgan fingerprint density at radius 3 is 2.85 bits per heavy atom. The number of hydrogen-bond donors (Lipinski definition) is 1. The van der Waals surface area contributed by atoms with Crippen LogP contribution in [0.4, 0.5) is 5.69 Å². The van der Waals surface area contributed by atoms with Gasteiger partial charge in [0.05, 0.1) is 0 Å². The van der Waals surface area contributed by atoms with E-state index in [0.717, 1.165) is 16.8 Å². The molecule has 20 heavy (non-hydrogen) atoms. The van der Waals surface area contributed by atoms with Gasteiger partial charge in [0.25, 0.3) is 5.91 Å². The van der Waals surface area contributed by atoms with Crippen molar-refractivity contribution in [3.05, 3.63) is 52.3 Å². The fourth-order valence-corrected chi connectivity index (χ4v) is 2.06. The summed E-state index contributed by atoms with van der Waals surface area (Å²) in [5.74, 6) is 0.345. The number of halogens is 1. The fraction of sp³-hybridized carbons (Fsp3) is 0.200. The predicted octanol–water partition coefficient (Wildman–Crippen LogP) is 3.48. The van der Waals surface area contributed by atoms with Gasteiger partial charge in [0.1, 0.15) is 4.60 Å². The summed E-state index contributed by atoms with van der Waals surface area (Å²) >= 11 is 3.27. The molecule has 2 rings (SSSR count). The van der Waals surface area contributed by atoms with Gasteiger partial charge in [0, 0.05) is 11.9 Å². The Morgan fingerprint density at radius 2 is 2.10 bits per heavy atom. The zero-order valence-corrected chi connectivity index (χ0v) is 12.9. The average molecular weight is 335 g/mol. The van der Waals surface area contributed by atoms with Gasteiger partial charge in [-0.05, 0) is 59.1 Å². The van der Waals surface area contributed by atoms with Crippen molar-refractivity contribution in [2.75, 3.05) is 11.9 Å². The second kappa shape index (κ2) is 6.52. The summed E-state index contributed by atoms with van der Waals surface area (Å²) in [4.78, 5) is 15.9. The molecule has 0 fully saturated rings. The first-order valence-corrected chi connectivity index (χ1v) is 6.96. The molecule has 0 aliphatic heterocycles. The summed E-state index contributed by atoms with van der Waals surface area (Å²) in [5.41, 5.74) is 3.01. The minimum Gasteiger partial charge on any atom is -0.481 e. The molecule has 0 spiro atoms. The molecule has 2 aromatic rings. The zero-order chi connectivity index (χ0) is 14.5. The lowest BCUT2D eigenvalue weighted by Gasteiger charge is -2.11. The molecule has 0 saturated carbocycles. The van der Waals surface area contributed by atoms with E-state index in [-0.39, 0.29) is 12.5 Å². The van der Waals surface area contributed by atoms with Crippen LogP contribution in [0, 0.1) is 13.8 Å². The normalized spacial score (nSPS) is 10.2. The first-order valence-electron chi connectivity index (χ1n) is 6.17. The number of carbonyl (C=O) groups is 1. The van der Waals surface area contributed by atoms with Gasteiger partial charge in [0.2, 0.25) is 0 Å². The maximum atomic E-state index is 11.9. The standard InChI is InChI=1S/C15H15BrN2O2/c1-10-5-3-6-12(11(10)2)18-14(19)9-20-13-7-4-8-17-15(13)16/h3-8H,9H2,1-2H3,(H,18,19). The zero-order valence-electron chi connectivity index (χ0n) is 11.3. The van der Waals surface area contributed by atoms with Crippen LogP contribution in [0.3, 0.4) is 0 Å². The molecule has 1 heterocycles. The van der Waals surface area contributed by atoms with Gasteiger partial charge in [-0.1, -0.05) is 12.1 Å². The van der Waals surface area contributed by atoms with Crippen molar-refractivity contribution in [1.29, 1.82) is 0 Å². The van der Waals surface area contributed by atoms with E-state index in [2.05, 4.69) is 26.2 Å². The second-order valence-corrected chi connectivity index (χ2v) is 5.13. The smallest absolute Gasteiger partial charge is 0.262 e. The summed E-state index contributed by atoms with van der Waals surface area (Å²) in [6.45, 7) is 3.93. The quantitative estimate of drug-likeness (QED) is 0.871. The Bertz CT molecular complexity index is 629. The van der Waals surface area contributed by atoms with Crippen LogP contribution in [0.2, 0.25) is 0 Å². The van der Waals surface area contributed by atoms with E-state index in [9.17, 15) is 4.79 Å². The van der Waals surface area contributed by atoms with Crippen molar-refractivity contribution in [1.82, 2.24) is 4.98 Å². The Labute approximate surface area is 126 Å². The van der Waals surface area contributed by atoms with Crippen molar-refractivity contribution in [2.45, 2.75) is 13.8 Å². The van der Waals surface area contributed by atoms with Gasteiger partial charge >= 0.3 is 0 Å². The van der Waals surface area contributed by atoms with Crippen molar-refractivity contribution < 1.29 is 9.53 Å². The predicted molar refractivity (Wildman–Crippen MR) is 82.0 cm³/mol. The SMILES string of the molecule is Cc1cccc(NC(=O)COc2cccnc2Br)c1C. The summed E-state index contributed by atoms with van der Waals surface area (Å²) < 4.78 is 6.00. The van der Waals surface area contributed by atoms with Gasteiger partial charge in [-0.2, -0.15) is 0 Å². The number of ether oxygens (including phenoxy) is 1. The number of nitrogens with one attached hydrogen (secondary N) is 1. The number of carbonyl (C=O) groups excluding carboxylic acids is 1. The van der Waals surface area contributed by atoms with E-state index in [1.165, 1.54) is 0 Å². The van der Waals surface area contributed by atoms with Crippen LogP contribution in [-0.2, 0) is 4.79 Å². The molecule has 1 aromatic heterocycles. The van der Waals surface area contributed by atoms with Crippen LogP contribution in [0.15, 0.2) is 41.1 Å². The third-order valence-electron chi connectivity index (χ3n) is 2.96. The molecule has 5 heteroatoms. The fourth-order valence-electron chi connectivity index (χ4n) is 1.70. The van der Waals surface area contributed by atoms with Crippen LogP contribution in [0.25, 0.3) is 0 Å². The topological polar surface area (TPSA) is 51.2 Å². The lowest BCUT2D eigenvalue weighted by Crippen LogP contribution is -2.21. The first kappa shape index (κ1) is 14.5. The van der Waals surface area contributed by atoms with Crippen LogP contribution >= 0.6 is 15.9 Å². The molecule has 1 amide bonds. The monoisotopic (exact) mass is 334 g/mol. The van der Waals surface area contributed by atoms with Gasteiger partial charge in [-0.3, -0.25) is 4.79 Å². The van der Waals surface area contributed by atoms with E-state index in [1.54, 1.807) is 18.3 Å². The lowest BCUT2D eigenvalue weighted by atomic mass is 10.1. The van der Waals surface area contributed by atoms with Gasteiger partial charge in [-0.25, -0.2) is 4.98 Å². The largest absolute Gasteiger partial charge is 0.481 e. The minimum absolute atomic E-state index is 0.0579. The molecule has 104 valence electrons. The molecular formula is C15H15BrN2O2. The highest BCUT2D eigenvalue weighted by atomic mass is 79.9. The summed E-state index contributed by atoms with van der Waals surface area (Å²) in [6, 6.07) is 9.30. The number of pyridine rings is 1. The molecule has 0 atom stereocenters.